The van der Waals surface area contributed by atoms with Gasteiger partial charge in [-0.25, -0.2) is 0 Å². The van der Waals surface area contributed by atoms with E-state index < -0.39 is 0 Å². The van der Waals surface area contributed by atoms with Gasteiger partial charge in [0, 0.05) is 15.6 Å². The number of benzene rings is 1. The molecule has 2 rings (SSSR count). The summed E-state index contributed by atoms with van der Waals surface area (Å²) < 4.78 is 5.64. The van der Waals surface area contributed by atoms with E-state index in [9.17, 15) is 4.79 Å². The Hall–Kier alpha value is -0.990. The van der Waals surface area contributed by atoms with Gasteiger partial charge in [-0.05, 0) is 31.6 Å². The van der Waals surface area contributed by atoms with Gasteiger partial charge in [0.05, 0.1) is 6.42 Å². The molecule has 1 atom stereocenters. The summed E-state index contributed by atoms with van der Waals surface area (Å²) in [6.45, 7) is 3.72. The van der Waals surface area contributed by atoms with Gasteiger partial charge in [0.2, 0.25) is 5.78 Å². The van der Waals surface area contributed by atoms with Crippen molar-refractivity contribution in [2.45, 2.75) is 26.4 Å². The molecule has 1 saturated heterocycles. The van der Waals surface area contributed by atoms with Gasteiger partial charge in [0.1, 0.15) is 6.10 Å². The maximum atomic E-state index is 11.7. The summed E-state index contributed by atoms with van der Waals surface area (Å²) in [7, 11) is 0. The Morgan fingerprint density at radius 2 is 2.06 bits per heavy atom. The quantitative estimate of drug-likeness (QED) is 0.711. The first-order chi connectivity index (χ1) is 7.99. The zero-order valence-electron chi connectivity index (χ0n) is 9.59. The number of ether oxygens (including phenoxy) is 1. The van der Waals surface area contributed by atoms with Crippen LogP contribution in [0.3, 0.4) is 0 Å². The van der Waals surface area contributed by atoms with Crippen LogP contribution in [0.15, 0.2) is 29.5 Å². The van der Waals surface area contributed by atoms with E-state index in [0.29, 0.717) is 22.2 Å². The first kappa shape index (κ1) is 12.5. The van der Waals surface area contributed by atoms with Crippen molar-refractivity contribution in [3.8, 4) is 0 Å². The predicted molar refractivity (Wildman–Crippen MR) is 68.3 cm³/mol. The molecule has 17 heavy (non-hydrogen) atoms. The Morgan fingerprint density at radius 3 is 2.59 bits per heavy atom. The third-order valence-electron chi connectivity index (χ3n) is 2.65. The van der Waals surface area contributed by atoms with Crippen molar-refractivity contribution < 1.29 is 9.53 Å². The van der Waals surface area contributed by atoms with Crippen LogP contribution in [-0.2, 0) is 9.53 Å². The van der Waals surface area contributed by atoms with Gasteiger partial charge in [-0.3, -0.25) is 4.79 Å². The molecule has 1 unspecified atom stereocenters. The van der Waals surface area contributed by atoms with Crippen LogP contribution >= 0.6 is 23.2 Å². The van der Waals surface area contributed by atoms with Crippen LogP contribution < -0.4 is 0 Å². The Balaban J connectivity index is 2.32. The summed E-state index contributed by atoms with van der Waals surface area (Å²) in [5.41, 5.74) is 1.70. The summed E-state index contributed by atoms with van der Waals surface area (Å²) in [4.78, 5) is 11.7. The molecule has 0 aromatic heterocycles. The van der Waals surface area contributed by atoms with Gasteiger partial charge in [0.25, 0.3) is 0 Å². The number of hydrogen-bond donors (Lipinski definition) is 0. The third kappa shape index (κ3) is 2.48. The van der Waals surface area contributed by atoms with E-state index in [2.05, 4.69) is 0 Å². The first-order valence-electron chi connectivity index (χ1n) is 5.31. The fraction of sp³-hybridized carbons (Fsp3) is 0.308. The molecule has 4 heteroatoms. The van der Waals surface area contributed by atoms with Crippen molar-refractivity contribution in [2.24, 2.45) is 0 Å². The van der Waals surface area contributed by atoms with E-state index in [0.717, 1.165) is 11.1 Å². The lowest BCUT2D eigenvalue weighted by atomic mass is 10.1. The number of rotatable bonds is 1. The molecule has 0 amide bonds. The number of carbonyl (C=O) groups excluding carboxylic acids is 1. The van der Waals surface area contributed by atoms with Gasteiger partial charge in [-0.15, -0.1) is 0 Å². The van der Waals surface area contributed by atoms with Crippen molar-refractivity contribution in [2.75, 3.05) is 0 Å². The highest BCUT2D eigenvalue weighted by molar-refractivity contribution is 6.35. The molecule has 1 aromatic carbocycles. The molecule has 90 valence electrons. The molecule has 0 saturated carbocycles. The molecule has 1 aliphatic heterocycles. The van der Waals surface area contributed by atoms with Crippen molar-refractivity contribution in [3.05, 3.63) is 45.1 Å². The van der Waals surface area contributed by atoms with Gasteiger partial charge in [-0.2, -0.15) is 0 Å². The molecule has 1 aliphatic rings. The lowest BCUT2D eigenvalue weighted by Gasteiger charge is -2.12. The predicted octanol–water partition coefficient (Wildman–Crippen LogP) is 4.32. The number of carbonyl (C=O) groups is 1. The van der Waals surface area contributed by atoms with Crippen LogP contribution in [0.2, 0.25) is 10.0 Å². The zero-order chi connectivity index (χ0) is 12.6. The Bertz CT molecular complexity index is 502. The van der Waals surface area contributed by atoms with E-state index in [1.807, 2.05) is 13.8 Å². The minimum atomic E-state index is -0.294. The second-order valence-electron chi connectivity index (χ2n) is 4.23. The summed E-state index contributed by atoms with van der Waals surface area (Å²) in [6, 6.07) is 5.21. The van der Waals surface area contributed by atoms with Gasteiger partial charge in [-0.1, -0.05) is 29.3 Å². The van der Waals surface area contributed by atoms with E-state index >= 15 is 0 Å². The van der Waals surface area contributed by atoms with Crippen molar-refractivity contribution >= 4 is 29.0 Å². The molecule has 2 nitrogen and oxygen atoms in total. The van der Waals surface area contributed by atoms with E-state index in [1.54, 1.807) is 18.2 Å². The topological polar surface area (TPSA) is 26.3 Å². The summed E-state index contributed by atoms with van der Waals surface area (Å²) in [6.07, 6.45) is 0.0409. The van der Waals surface area contributed by atoms with Crippen molar-refractivity contribution in [1.82, 2.24) is 0 Å². The Kier molecular flexibility index (Phi) is 3.45. The van der Waals surface area contributed by atoms with Crippen LogP contribution in [0.1, 0.15) is 31.9 Å². The highest BCUT2D eigenvalue weighted by atomic mass is 35.5. The Morgan fingerprint density at radius 1 is 1.35 bits per heavy atom. The lowest BCUT2D eigenvalue weighted by Crippen LogP contribution is -1.96. The van der Waals surface area contributed by atoms with Gasteiger partial charge < -0.3 is 4.74 Å². The monoisotopic (exact) mass is 270 g/mol. The molecule has 0 N–H and O–H groups in total. The molecular weight excluding hydrogens is 259 g/mol. The van der Waals surface area contributed by atoms with Crippen LogP contribution in [0.25, 0.3) is 0 Å². The number of ketones is 1. The standard InChI is InChI=1S/C13H12Cl2O2/c1-7(2)13-11(16)6-12(17-13)9-4-3-8(14)5-10(9)15/h3-5,12H,6H2,1-2H3. The highest BCUT2D eigenvalue weighted by Gasteiger charge is 2.32. The molecule has 0 aliphatic carbocycles. The SMILES string of the molecule is CC(C)=C1OC(c2ccc(Cl)cc2Cl)CC1=O. The van der Waals surface area contributed by atoms with Crippen LogP contribution in [0.5, 0.6) is 0 Å². The van der Waals surface area contributed by atoms with E-state index in [4.69, 9.17) is 27.9 Å². The average molecular weight is 271 g/mol. The van der Waals surface area contributed by atoms with Crippen LogP contribution in [-0.4, -0.2) is 5.78 Å². The number of allylic oxidation sites excluding steroid dienone is 2. The van der Waals surface area contributed by atoms with Gasteiger partial charge in [0.15, 0.2) is 5.76 Å². The number of hydrogen-bond acceptors (Lipinski definition) is 2. The zero-order valence-corrected chi connectivity index (χ0v) is 11.1. The van der Waals surface area contributed by atoms with Crippen molar-refractivity contribution in [1.29, 1.82) is 0 Å². The minimum absolute atomic E-state index is 0.0287. The fourth-order valence-electron chi connectivity index (χ4n) is 1.84. The lowest BCUT2D eigenvalue weighted by molar-refractivity contribution is -0.115. The average Bonchev–Trinajstić information content (AvgIpc) is 2.60. The highest BCUT2D eigenvalue weighted by Crippen LogP contribution is 2.37. The summed E-state index contributed by atoms with van der Waals surface area (Å²) in [5, 5.41) is 1.11. The van der Waals surface area contributed by atoms with Crippen LogP contribution in [0, 0.1) is 0 Å². The second-order valence-corrected chi connectivity index (χ2v) is 5.07. The molecule has 0 spiro atoms. The van der Waals surface area contributed by atoms with Crippen LogP contribution in [0.4, 0.5) is 0 Å². The molecule has 1 fully saturated rings. The van der Waals surface area contributed by atoms with E-state index in [1.165, 1.54) is 0 Å². The number of halogens is 2. The molecule has 1 heterocycles. The Labute approximate surface area is 110 Å². The summed E-state index contributed by atoms with van der Waals surface area (Å²) >= 11 is 11.9. The fourth-order valence-corrected chi connectivity index (χ4v) is 2.37. The maximum absolute atomic E-state index is 11.7. The largest absolute Gasteiger partial charge is 0.482 e. The second kappa shape index (κ2) is 4.71. The molecule has 0 radical (unpaired) electrons. The van der Waals surface area contributed by atoms with Crippen molar-refractivity contribution in [3.63, 3.8) is 0 Å². The minimum Gasteiger partial charge on any atom is -0.482 e. The summed E-state index contributed by atoms with van der Waals surface area (Å²) in [5.74, 6) is 0.488. The molecular formula is C13H12Cl2O2. The smallest absolute Gasteiger partial charge is 0.201 e. The molecule has 0 bridgehead atoms. The first-order valence-corrected chi connectivity index (χ1v) is 6.07. The third-order valence-corrected chi connectivity index (χ3v) is 3.21. The normalized spacial score (nSPS) is 19.4. The number of Topliss-reactive ketones (excluding diaryl/α,β-unsaturated/α-hetero) is 1. The van der Waals surface area contributed by atoms with Gasteiger partial charge >= 0.3 is 0 Å². The molecule has 1 aromatic rings. The van der Waals surface area contributed by atoms with E-state index in [-0.39, 0.29) is 11.9 Å². The maximum Gasteiger partial charge on any atom is 0.201 e.